The van der Waals surface area contributed by atoms with Crippen LogP contribution in [0.15, 0.2) is 63.9 Å². The van der Waals surface area contributed by atoms with E-state index >= 15 is 0 Å². The predicted molar refractivity (Wildman–Crippen MR) is 100 cm³/mol. The van der Waals surface area contributed by atoms with Crippen molar-refractivity contribution in [1.29, 1.82) is 0 Å². The SMILES string of the molecule is CNC(=O)c1ccc(NC(=NS(=O)(=O)c2ccccc2)NCC(=O)O)cc1. The number of anilines is 1. The first-order chi connectivity index (χ1) is 12.8. The van der Waals surface area contributed by atoms with E-state index in [2.05, 4.69) is 20.3 Å². The second-order valence-corrected chi connectivity index (χ2v) is 6.86. The molecule has 0 bridgehead atoms. The zero-order valence-electron chi connectivity index (χ0n) is 14.3. The third-order valence-corrected chi connectivity index (χ3v) is 4.59. The van der Waals surface area contributed by atoms with Crippen molar-refractivity contribution in [2.45, 2.75) is 4.90 Å². The number of carboxylic acid groups (broad SMARTS) is 1. The van der Waals surface area contributed by atoms with Gasteiger partial charge >= 0.3 is 5.97 Å². The number of carbonyl (C=O) groups excluding carboxylic acids is 1. The Morgan fingerprint density at radius 2 is 1.67 bits per heavy atom. The number of nitrogens with one attached hydrogen (secondary N) is 3. The molecule has 2 rings (SSSR count). The van der Waals surface area contributed by atoms with Crippen LogP contribution in [0.2, 0.25) is 0 Å². The Kier molecular flexibility index (Phi) is 6.50. The van der Waals surface area contributed by atoms with Crippen molar-refractivity contribution >= 4 is 33.5 Å². The van der Waals surface area contributed by atoms with E-state index in [0.717, 1.165) is 0 Å². The van der Waals surface area contributed by atoms with Crippen LogP contribution < -0.4 is 16.0 Å². The van der Waals surface area contributed by atoms with Gasteiger partial charge in [-0.3, -0.25) is 9.59 Å². The number of benzene rings is 2. The van der Waals surface area contributed by atoms with E-state index in [4.69, 9.17) is 5.11 Å². The molecule has 0 aliphatic carbocycles. The summed E-state index contributed by atoms with van der Waals surface area (Å²) in [6.07, 6.45) is 0. The molecule has 27 heavy (non-hydrogen) atoms. The van der Waals surface area contributed by atoms with E-state index in [1.54, 1.807) is 18.2 Å². The maximum absolute atomic E-state index is 12.4. The van der Waals surface area contributed by atoms with Crippen LogP contribution >= 0.6 is 0 Å². The average Bonchev–Trinajstić information content (AvgIpc) is 2.66. The largest absolute Gasteiger partial charge is 0.480 e. The van der Waals surface area contributed by atoms with Gasteiger partial charge in [0.05, 0.1) is 4.90 Å². The number of nitrogens with zero attached hydrogens (tertiary/aromatic N) is 1. The van der Waals surface area contributed by atoms with Crippen molar-refractivity contribution in [3.05, 3.63) is 60.2 Å². The first-order valence-corrected chi connectivity index (χ1v) is 9.20. The number of hydrogen-bond acceptors (Lipinski definition) is 4. The number of carboxylic acids is 1. The lowest BCUT2D eigenvalue weighted by atomic mass is 10.2. The van der Waals surface area contributed by atoms with Gasteiger partial charge in [0.15, 0.2) is 0 Å². The zero-order valence-corrected chi connectivity index (χ0v) is 15.2. The Balaban J connectivity index is 2.29. The predicted octanol–water partition coefficient (Wildman–Crippen LogP) is 0.877. The minimum atomic E-state index is -4.05. The lowest BCUT2D eigenvalue weighted by molar-refractivity contribution is -0.135. The Bertz CT molecular complexity index is 941. The number of guanidine groups is 1. The molecule has 1 amide bonds. The van der Waals surface area contributed by atoms with Crippen LogP contribution in [0.5, 0.6) is 0 Å². The van der Waals surface area contributed by atoms with Crippen LogP contribution in [0.4, 0.5) is 5.69 Å². The fourth-order valence-corrected chi connectivity index (χ4v) is 2.97. The third-order valence-electron chi connectivity index (χ3n) is 3.30. The second kappa shape index (κ2) is 8.81. The summed E-state index contributed by atoms with van der Waals surface area (Å²) < 4.78 is 28.4. The molecule has 0 saturated heterocycles. The van der Waals surface area contributed by atoms with Crippen LogP contribution in [-0.4, -0.2) is 45.0 Å². The molecule has 0 heterocycles. The minimum Gasteiger partial charge on any atom is -0.480 e. The lowest BCUT2D eigenvalue weighted by Crippen LogP contribution is -2.35. The van der Waals surface area contributed by atoms with E-state index in [-0.39, 0.29) is 16.8 Å². The monoisotopic (exact) mass is 390 g/mol. The first-order valence-electron chi connectivity index (χ1n) is 7.76. The standard InChI is InChI=1S/C17H18N4O5S/c1-18-16(24)12-7-9-13(10-8-12)20-17(19-11-15(22)23)21-27(25,26)14-5-3-2-4-6-14/h2-10H,11H2,1H3,(H,18,24)(H,22,23)(H2,19,20,21). The van der Waals surface area contributed by atoms with Crippen LogP contribution in [-0.2, 0) is 14.8 Å². The quantitative estimate of drug-likeness (QED) is 0.424. The molecular weight excluding hydrogens is 372 g/mol. The molecule has 0 atom stereocenters. The molecule has 0 radical (unpaired) electrons. The zero-order chi connectivity index (χ0) is 19.9. The summed E-state index contributed by atoms with van der Waals surface area (Å²) in [5.74, 6) is -1.71. The Labute approximate surface area is 156 Å². The first kappa shape index (κ1) is 19.9. The fourth-order valence-electron chi connectivity index (χ4n) is 2.01. The van der Waals surface area contributed by atoms with Crippen molar-refractivity contribution in [3.63, 3.8) is 0 Å². The Hall–Kier alpha value is -3.40. The highest BCUT2D eigenvalue weighted by Crippen LogP contribution is 2.13. The van der Waals surface area contributed by atoms with Crippen LogP contribution in [0.1, 0.15) is 10.4 Å². The van der Waals surface area contributed by atoms with E-state index in [1.165, 1.54) is 43.4 Å². The van der Waals surface area contributed by atoms with Gasteiger partial charge in [0, 0.05) is 18.3 Å². The van der Waals surface area contributed by atoms with Gasteiger partial charge in [-0.2, -0.15) is 8.42 Å². The third kappa shape index (κ3) is 5.82. The topological polar surface area (TPSA) is 137 Å². The normalized spacial score (nSPS) is 11.5. The molecule has 142 valence electrons. The second-order valence-electron chi connectivity index (χ2n) is 5.26. The molecule has 0 fully saturated rings. The van der Waals surface area contributed by atoms with E-state index in [0.29, 0.717) is 11.3 Å². The molecule has 10 heteroatoms. The van der Waals surface area contributed by atoms with Crippen molar-refractivity contribution in [2.24, 2.45) is 4.40 Å². The van der Waals surface area contributed by atoms with Crippen LogP contribution in [0, 0.1) is 0 Å². The number of sulfonamides is 1. The Morgan fingerprint density at radius 3 is 2.22 bits per heavy atom. The molecule has 0 aromatic heterocycles. The van der Waals surface area contributed by atoms with Crippen LogP contribution in [0.25, 0.3) is 0 Å². The maximum Gasteiger partial charge on any atom is 0.322 e. The fraction of sp³-hybridized carbons (Fsp3) is 0.118. The highest BCUT2D eigenvalue weighted by molar-refractivity contribution is 7.90. The molecular formula is C17H18N4O5S. The molecule has 9 nitrogen and oxygen atoms in total. The lowest BCUT2D eigenvalue weighted by Gasteiger charge is -2.11. The molecule has 0 spiro atoms. The summed E-state index contributed by atoms with van der Waals surface area (Å²) in [5, 5.41) is 16.4. The number of amides is 1. The van der Waals surface area contributed by atoms with E-state index < -0.39 is 22.5 Å². The number of carbonyl (C=O) groups is 2. The van der Waals surface area contributed by atoms with Gasteiger partial charge in [-0.25, -0.2) is 0 Å². The number of rotatable bonds is 6. The molecule has 2 aromatic rings. The van der Waals surface area contributed by atoms with Crippen molar-refractivity contribution in [3.8, 4) is 0 Å². The van der Waals surface area contributed by atoms with Gasteiger partial charge in [0.1, 0.15) is 6.54 Å². The summed E-state index contributed by atoms with van der Waals surface area (Å²) >= 11 is 0. The summed E-state index contributed by atoms with van der Waals surface area (Å²) in [6.45, 7) is -0.535. The summed E-state index contributed by atoms with van der Waals surface area (Å²) in [6, 6.07) is 13.7. The maximum atomic E-state index is 12.4. The minimum absolute atomic E-state index is 0.0311. The Morgan fingerprint density at radius 1 is 1.04 bits per heavy atom. The smallest absolute Gasteiger partial charge is 0.322 e. The van der Waals surface area contributed by atoms with Gasteiger partial charge < -0.3 is 21.1 Å². The summed E-state index contributed by atoms with van der Waals surface area (Å²) in [7, 11) is -2.54. The van der Waals surface area contributed by atoms with Gasteiger partial charge in [-0.05, 0) is 36.4 Å². The highest BCUT2D eigenvalue weighted by atomic mass is 32.2. The van der Waals surface area contributed by atoms with E-state index in [9.17, 15) is 18.0 Å². The molecule has 0 unspecified atom stereocenters. The highest BCUT2D eigenvalue weighted by Gasteiger charge is 2.15. The number of aliphatic carboxylic acids is 1. The van der Waals surface area contributed by atoms with Crippen molar-refractivity contribution in [2.75, 3.05) is 18.9 Å². The average molecular weight is 390 g/mol. The molecule has 0 aliphatic rings. The van der Waals surface area contributed by atoms with Gasteiger partial charge in [-0.15, -0.1) is 4.40 Å². The van der Waals surface area contributed by atoms with Crippen LogP contribution in [0.3, 0.4) is 0 Å². The molecule has 2 aromatic carbocycles. The van der Waals surface area contributed by atoms with Crippen molar-refractivity contribution in [1.82, 2.24) is 10.6 Å². The summed E-state index contributed by atoms with van der Waals surface area (Å²) in [4.78, 5) is 22.3. The molecule has 0 aliphatic heterocycles. The van der Waals surface area contributed by atoms with Gasteiger partial charge in [0.25, 0.3) is 15.9 Å². The van der Waals surface area contributed by atoms with Crippen molar-refractivity contribution < 1.29 is 23.1 Å². The van der Waals surface area contributed by atoms with E-state index in [1.807, 2.05) is 0 Å². The molecule has 4 N–H and O–H groups in total. The van der Waals surface area contributed by atoms with Gasteiger partial charge in [-0.1, -0.05) is 18.2 Å². The summed E-state index contributed by atoms with van der Waals surface area (Å²) in [5.41, 5.74) is 0.833. The molecule has 0 saturated carbocycles. The van der Waals surface area contributed by atoms with Gasteiger partial charge in [0.2, 0.25) is 5.96 Å². The number of hydrogen-bond donors (Lipinski definition) is 4.